The van der Waals surface area contributed by atoms with E-state index in [1.807, 2.05) is 0 Å². The second-order valence-corrected chi connectivity index (χ2v) is 18.0. The molecule has 1 aliphatic carbocycles. The molecule has 0 bridgehead atoms. The minimum Gasteiger partial charge on any atom is -0.450 e. The monoisotopic (exact) mass is 522 g/mol. The number of carbonyl (C=O) groups is 2. The van der Waals surface area contributed by atoms with E-state index >= 15 is 0 Å². The second-order valence-electron chi connectivity index (χ2n) is 10.4. The Morgan fingerprint density at radius 1 is 1.24 bits per heavy atom. The van der Waals surface area contributed by atoms with Gasteiger partial charge in [-0.05, 0) is 32.4 Å². The van der Waals surface area contributed by atoms with Gasteiger partial charge in [0.15, 0.2) is 5.01 Å². The van der Waals surface area contributed by atoms with E-state index in [-0.39, 0.29) is 23.9 Å². The van der Waals surface area contributed by atoms with Gasteiger partial charge < -0.3 is 20.3 Å². The van der Waals surface area contributed by atoms with Gasteiger partial charge in [0.2, 0.25) is 0 Å². The molecule has 2 N–H and O–H groups in total. The van der Waals surface area contributed by atoms with Gasteiger partial charge in [0.25, 0.3) is 5.91 Å². The molecule has 0 aromatic carbocycles. The third kappa shape index (κ3) is 6.61. The molecule has 3 atom stereocenters. The summed E-state index contributed by atoms with van der Waals surface area (Å²) < 4.78 is 5.46. The maximum atomic E-state index is 13.2. The predicted octanol–water partition coefficient (Wildman–Crippen LogP) is 3.48. The number of alkyl carbamates (subject to hydrolysis) is 1. The Kier molecular flexibility index (Phi) is 8.00. The molecule has 1 saturated carbocycles. The van der Waals surface area contributed by atoms with Gasteiger partial charge in [-0.15, -0.1) is 32.9 Å². The molecule has 0 radical (unpaired) electrons. The Balaban J connectivity index is 1.42. The van der Waals surface area contributed by atoms with Crippen molar-refractivity contribution >= 4 is 42.7 Å². The Morgan fingerprint density at radius 3 is 2.79 bits per heavy atom. The van der Waals surface area contributed by atoms with E-state index in [4.69, 9.17) is 4.74 Å². The molecular formula is C22H34N6O3S2Si. The lowest BCUT2D eigenvalue weighted by Crippen LogP contribution is -2.54. The first-order valence-electron chi connectivity index (χ1n) is 11.9. The first-order chi connectivity index (χ1) is 16.2. The summed E-state index contributed by atoms with van der Waals surface area (Å²) in [6, 6.07) is 0.491. The van der Waals surface area contributed by atoms with Crippen LogP contribution in [0, 0.1) is 0 Å². The lowest BCUT2D eigenvalue weighted by Gasteiger charge is -2.35. The van der Waals surface area contributed by atoms with E-state index in [0.717, 1.165) is 54.0 Å². The summed E-state index contributed by atoms with van der Waals surface area (Å²) in [6.07, 6.45) is 2.75. The fourth-order valence-corrected chi connectivity index (χ4v) is 6.89. The molecule has 2 aliphatic rings. The molecule has 186 valence electrons. The number of thiazole rings is 1. The molecule has 0 unspecified atom stereocenters. The van der Waals surface area contributed by atoms with Crippen LogP contribution in [0.1, 0.15) is 50.6 Å². The van der Waals surface area contributed by atoms with Crippen molar-refractivity contribution < 1.29 is 14.3 Å². The zero-order valence-electron chi connectivity index (χ0n) is 20.3. The molecule has 2 amide bonds. The van der Waals surface area contributed by atoms with Crippen LogP contribution in [-0.4, -0.2) is 72.4 Å². The maximum Gasteiger partial charge on any atom is 0.407 e. The molecule has 0 spiro atoms. The smallest absolute Gasteiger partial charge is 0.407 e. The van der Waals surface area contributed by atoms with Crippen molar-refractivity contribution in [1.82, 2.24) is 30.7 Å². The molecule has 1 fully saturated rings. The fourth-order valence-electron chi connectivity index (χ4n) is 4.38. The number of amides is 2. The Bertz CT molecular complexity index is 993. The molecule has 0 saturated heterocycles. The van der Waals surface area contributed by atoms with Crippen molar-refractivity contribution in [1.29, 1.82) is 0 Å². The van der Waals surface area contributed by atoms with Crippen molar-refractivity contribution in [3.05, 3.63) is 26.1 Å². The number of rotatable bonds is 7. The summed E-state index contributed by atoms with van der Waals surface area (Å²) in [6.45, 7) is 8.97. The SMILES string of the molecule is CN1CCc2nc(C(=O)N[C@@H]3C[C@@H](c4nncs4)CC[C@@H]3NC(=O)OCC[Si](C)(C)C)sc2C1. The average Bonchev–Trinajstić information content (AvgIpc) is 3.43. The van der Waals surface area contributed by atoms with E-state index in [9.17, 15) is 9.59 Å². The second kappa shape index (κ2) is 10.8. The van der Waals surface area contributed by atoms with Crippen molar-refractivity contribution in [2.75, 3.05) is 20.2 Å². The van der Waals surface area contributed by atoms with Crippen LogP contribution < -0.4 is 10.6 Å². The minimum atomic E-state index is -1.28. The van der Waals surface area contributed by atoms with Crippen LogP contribution in [0.2, 0.25) is 25.7 Å². The number of nitrogens with zero attached hydrogens (tertiary/aromatic N) is 4. The summed E-state index contributed by atoms with van der Waals surface area (Å²) in [7, 11) is 0.800. The molecule has 2 aromatic heterocycles. The summed E-state index contributed by atoms with van der Waals surface area (Å²) in [5.41, 5.74) is 2.77. The highest BCUT2D eigenvalue weighted by atomic mass is 32.1. The first-order valence-corrected chi connectivity index (χ1v) is 17.3. The highest BCUT2D eigenvalue weighted by Gasteiger charge is 2.35. The Hall–Kier alpha value is -1.89. The van der Waals surface area contributed by atoms with E-state index in [2.05, 4.69) is 57.4 Å². The number of nitrogens with one attached hydrogen (secondary N) is 2. The topological polar surface area (TPSA) is 109 Å². The number of carbonyl (C=O) groups excluding carboxylic acids is 2. The maximum absolute atomic E-state index is 13.2. The summed E-state index contributed by atoms with van der Waals surface area (Å²) in [5, 5.41) is 15.9. The lowest BCUT2D eigenvalue weighted by molar-refractivity contribution is 0.0901. The molecule has 34 heavy (non-hydrogen) atoms. The van der Waals surface area contributed by atoms with Crippen molar-refractivity contribution in [2.45, 2.75) is 75.9 Å². The van der Waals surface area contributed by atoms with Gasteiger partial charge in [-0.3, -0.25) is 4.79 Å². The average molecular weight is 523 g/mol. The van der Waals surface area contributed by atoms with Gasteiger partial charge in [0.1, 0.15) is 10.5 Å². The van der Waals surface area contributed by atoms with Crippen LogP contribution >= 0.6 is 22.7 Å². The van der Waals surface area contributed by atoms with Crippen LogP contribution in [0.4, 0.5) is 4.79 Å². The predicted molar refractivity (Wildman–Crippen MR) is 136 cm³/mol. The molecule has 12 heteroatoms. The number of fused-ring (bicyclic) bond motifs is 1. The van der Waals surface area contributed by atoms with E-state index in [1.165, 1.54) is 22.7 Å². The van der Waals surface area contributed by atoms with Crippen molar-refractivity contribution in [2.24, 2.45) is 0 Å². The van der Waals surface area contributed by atoms with Gasteiger partial charge in [0, 0.05) is 38.4 Å². The third-order valence-electron chi connectivity index (χ3n) is 6.40. The molecule has 3 heterocycles. The normalized spacial score (nSPS) is 23.2. The molecule has 2 aromatic rings. The van der Waals surface area contributed by atoms with Crippen LogP contribution in [0.25, 0.3) is 0 Å². The highest BCUT2D eigenvalue weighted by molar-refractivity contribution is 7.13. The standard InChI is InChI=1S/C22H34N6O3S2Si/c1-28-8-7-16-18(12-28)33-21(25-16)19(29)24-17-11-14(20-27-23-13-32-20)5-6-15(17)26-22(30)31-9-10-34(2,3)4/h13-15,17H,5-12H2,1-4H3,(H,24,29)(H,26,30)/t14-,15-,17+/m0/s1. The molecule has 4 rings (SSSR count). The fraction of sp³-hybridized carbons (Fsp3) is 0.682. The van der Waals surface area contributed by atoms with Crippen LogP contribution in [0.5, 0.6) is 0 Å². The Labute approximate surface area is 209 Å². The van der Waals surface area contributed by atoms with Crippen molar-refractivity contribution in [3.8, 4) is 0 Å². The quantitative estimate of drug-likeness (QED) is 0.536. The van der Waals surface area contributed by atoms with Gasteiger partial charge in [-0.25, -0.2) is 9.78 Å². The highest BCUT2D eigenvalue weighted by Crippen LogP contribution is 2.34. The largest absolute Gasteiger partial charge is 0.450 e. The van der Waals surface area contributed by atoms with Crippen LogP contribution in [0.15, 0.2) is 5.51 Å². The number of ether oxygens (including phenoxy) is 1. The summed E-state index contributed by atoms with van der Waals surface area (Å²) >= 11 is 3.01. The van der Waals surface area contributed by atoms with E-state index in [1.54, 1.807) is 5.51 Å². The number of likely N-dealkylation sites (N-methyl/N-ethyl adjacent to an activating group) is 1. The van der Waals surface area contributed by atoms with Gasteiger partial charge in [-0.2, -0.15) is 0 Å². The zero-order chi connectivity index (χ0) is 24.3. The zero-order valence-corrected chi connectivity index (χ0v) is 22.9. The minimum absolute atomic E-state index is 0.177. The molecule has 9 nitrogen and oxygen atoms in total. The Morgan fingerprint density at radius 2 is 2.06 bits per heavy atom. The van der Waals surface area contributed by atoms with Gasteiger partial charge in [0.05, 0.1) is 24.4 Å². The lowest BCUT2D eigenvalue weighted by atomic mass is 9.82. The van der Waals surface area contributed by atoms with Crippen LogP contribution in [-0.2, 0) is 17.7 Å². The van der Waals surface area contributed by atoms with E-state index < -0.39 is 14.2 Å². The van der Waals surface area contributed by atoms with Gasteiger partial charge >= 0.3 is 6.09 Å². The number of hydrogen-bond acceptors (Lipinski definition) is 9. The van der Waals surface area contributed by atoms with Gasteiger partial charge in [-0.1, -0.05) is 19.6 Å². The third-order valence-corrected chi connectivity index (χ3v) is 10.0. The number of aromatic nitrogens is 3. The summed E-state index contributed by atoms with van der Waals surface area (Å²) in [4.78, 5) is 33.7. The molecule has 1 aliphatic heterocycles. The van der Waals surface area contributed by atoms with E-state index in [0.29, 0.717) is 18.0 Å². The van der Waals surface area contributed by atoms with Crippen molar-refractivity contribution in [3.63, 3.8) is 0 Å². The number of hydrogen-bond donors (Lipinski definition) is 2. The van der Waals surface area contributed by atoms with Crippen LogP contribution in [0.3, 0.4) is 0 Å². The first kappa shape index (κ1) is 25.2. The molecular weight excluding hydrogens is 489 g/mol. The summed E-state index contributed by atoms with van der Waals surface area (Å²) in [5.74, 6) is 0.0285.